The molecular weight excluding hydrogens is 256 g/mol. The van der Waals surface area contributed by atoms with Gasteiger partial charge in [-0.15, -0.1) is 6.42 Å². The van der Waals surface area contributed by atoms with E-state index in [9.17, 15) is 4.79 Å². The zero-order valence-corrected chi connectivity index (χ0v) is 11.4. The molecule has 5 heteroatoms. The standard InChI is InChI=1S/C15H18N2O3/c1-3-7-16-15(18)11(2)17-12-5-6-13-14(10-12)20-9-4-8-19-13/h1,5-6,10-11,17H,4,7-9H2,2H3,(H,16,18). The Balaban J connectivity index is 2.01. The summed E-state index contributed by atoms with van der Waals surface area (Å²) in [5.74, 6) is 3.66. The maximum atomic E-state index is 11.7. The van der Waals surface area contributed by atoms with Gasteiger partial charge in [0.2, 0.25) is 5.91 Å². The third kappa shape index (κ3) is 3.58. The molecule has 0 saturated carbocycles. The summed E-state index contributed by atoms with van der Waals surface area (Å²) in [4.78, 5) is 11.7. The number of benzene rings is 1. The molecular formula is C15H18N2O3. The van der Waals surface area contributed by atoms with E-state index in [1.165, 1.54) is 0 Å². The summed E-state index contributed by atoms with van der Waals surface area (Å²) >= 11 is 0. The van der Waals surface area contributed by atoms with Gasteiger partial charge in [-0.1, -0.05) is 5.92 Å². The van der Waals surface area contributed by atoms with Gasteiger partial charge in [0.1, 0.15) is 6.04 Å². The van der Waals surface area contributed by atoms with Gasteiger partial charge < -0.3 is 20.1 Å². The highest BCUT2D eigenvalue weighted by Gasteiger charge is 2.14. The van der Waals surface area contributed by atoms with Crippen LogP contribution < -0.4 is 20.1 Å². The van der Waals surface area contributed by atoms with E-state index in [2.05, 4.69) is 16.6 Å². The summed E-state index contributed by atoms with van der Waals surface area (Å²) in [6.07, 6.45) is 5.97. The van der Waals surface area contributed by atoms with Gasteiger partial charge >= 0.3 is 0 Å². The number of carbonyl (C=O) groups is 1. The van der Waals surface area contributed by atoms with Crippen molar-refractivity contribution in [1.82, 2.24) is 5.32 Å². The Morgan fingerprint density at radius 2 is 2.15 bits per heavy atom. The zero-order valence-electron chi connectivity index (χ0n) is 11.4. The quantitative estimate of drug-likeness (QED) is 0.815. The molecule has 0 radical (unpaired) electrons. The molecule has 0 spiro atoms. The summed E-state index contributed by atoms with van der Waals surface area (Å²) in [5.41, 5.74) is 0.803. The predicted molar refractivity (Wildman–Crippen MR) is 77.0 cm³/mol. The van der Waals surface area contributed by atoms with Gasteiger partial charge in [-0.25, -0.2) is 0 Å². The smallest absolute Gasteiger partial charge is 0.242 e. The highest BCUT2D eigenvalue weighted by molar-refractivity contribution is 5.84. The minimum atomic E-state index is -0.381. The van der Waals surface area contributed by atoms with Crippen LogP contribution in [0.5, 0.6) is 11.5 Å². The molecule has 1 aromatic carbocycles. The van der Waals surface area contributed by atoms with Gasteiger partial charge in [0, 0.05) is 18.2 Å². The SMILES string of the molecule is C#CCNC(=O)C(C)Nc1ccc2c(c1)OCCCO2. The highest BCUT2D eigenvalue weighted by atomic mass is 16.5. The molecule has 0 saturated heterocycles. The van der Waals surface area contributed by atoms with Crippen LogP contribution in [0.15, 0.2) is 18.2 Å². The second kappa shape index (κ2) is 6.71. The Kier molecular flexibility index (Phi) is 4.72. The van der Waals surface area contributed by atoms with Crippen molar-refractivity contribution in [1.29, 1.82) is 0 Å². The summed E-state index contributed by atoms with van der Waals surface area (Å²) in [5, 5.41) is 5.74. The van der Waals surface area contributed by atoms with Crippen molar-refractivity contribution in [3.63, 3.8) is 0 Å². The Bertz CT molecular complexity index is 522. The minimum Gasteiger partial charge on any atom is -0.490 e. The third-order valence-electron chi connectivity index (χ3n) is 2.89. The molecule has 0 aliphatic carbocycles. The largest absolute Gasteiger partial charge is 0.490 e. The van der Waals surface area contributed by atoms with Crippen LogP contribution in [0.25, 0.3) is 0 Å². The van der Waals surface area contributed by atoms with Crippen molar-refractivity contribution in [2.45, 2.75) is 19.4 Å². The molecule has 1 amide bonds. The number of anilines is 1. The highest BCUT2D eigenvalue weighted by Crippen LogP contribution is 2.32. The van der Waals surface area contributed by atoms with Crippen molar-refractivity contribution >= 4 is 11.6 Å². The lowest BCUT2D eigenvalue weighted by molar-refractivity contribution is -0.121. The van der Waals surface area contributed by atoms with Crippen LogP contribution in [0, 0.1) is 12.3 Å². The normalized spacial score (nSPS) is 14.6. The van der Waals surface area contributed by atoms with E-state index in [1.54, 1.807) is 6.92 Å². The van der Waals surface area contributed by atoms with E-state index in [-0.39, 0.29) is 18.5 Å². The van der Waals surface area contributed by atoms with Crippen molar-refractivity contribution in [3.8, 4) is 23.8 Å². The van der Waals surface area contributed by atoms with E-state index in [1.807, 2.05) is 18.2 Å². The van der Waals surface area contributed by atoms with Crippen LogP contribution in [-0.4, -0.2) is 31.7 Å². The lowest BCUT2D eigenvalue weighted by atomic mass is 10.2. The van der Waals surface area contributed by atoms with E-state index in [4.69, 9.17) is 15.9 Å². The maximum Gasteiger partial charge on any atom is 0.242 e. The van der Waals surface area contributed by atoms with Crippen LogP contribution in [0.4, 0.5) is 5.69 Å². The molecule has 5 nitrogen and oxygen atoms in total. The molecule has 1 aliphatic rings. The summed E-state index contributed by atoms with van der Waals surface area (Å²) in [6.45, 7) is 3.29. The van der Waals surface area contributed by atoms with Crippen molar-refractivity contribution in [2.75, 3.05) is 25.1 Å². The molecule has 106 valence electrons. The number of hydrogen-bond donors (Lipinski definition) is 2. The molecule has 20 heavy (non-hydrogen) atoms. The first-order valence-corrected chi connectivity index (χ1v) is 6.58. The van der Waals surface area contributed by atoms with E-state index < -0.39 is 0 Å². The Morgan fingerprint density at radius 1 is 1.40 bits per heavy atom. The monoisotopic (exact) mass is 274 g/mol. The third-order valence-corrected chi connectivity index (χ3v) is 2.89. The fraction of sp³-hybridized carbons (Fsp3) is 0.400. The predicted octanol–water partition coefficient (Wildman–Crippen LogP) is 1.40. The summed E-state index contributed by atoms with van der Waals surface area (Å²) in [7, 11) is 0. The lowest BCUT2D eigenvalue weighted by Gasteiger charge is -2.16. The second-order valence-corrected chi connectivity index (χ2v) is 4.50. The average molecular weight is 274 g/mol. The molecule has 0 fully saturated rings. The number of nitrogens with one attached hydrogen (secondary N) is 2. The molecule has 1 heterocycles. The number of carbonyl (C=O) groups excluding carboxylic acids is 1. The van der Waals surface area contributed by atoms with Gasteiger partial charge in [-0.2, -0.15) is 0 Å². The molecule has 0 aromatic heterocycles. The first-order valence-electron chi connectivity index (χ1n) is 6.58. The Hall–Kier alpha value is -2.35. The fourth-order valence-electron chi connectivity index (χ4n) is 1.86. The Morgan fingerprint density at radius 3 is 2.90 bits per heavy atom. The number of rotatable bonds is 4. The molecule has 0 bridgehead atoms. The number of fused-ring (bicyclic) bond motifs is 1. The average Bonchev–Trinajstić information content (AvgIpc) is 2.69. The zero-order chi connectivity index (χ0) is 14.4. The first kappa shape index (κ1) is 14.1. The maximum absolute atomic E-state index is 11.7. The fourth-order valence-corrected chi connectivity index (χ4v) is 1.86. The van der Waals surface area contributed by atoms with Gasteiger partial charge in [0.15, 0.2) is 11.5 Å². The molecule has 1 aliphatic heterocycles. The van der Waals surface area contributed by atoms with Gasteiger partial charge in [0.05, 0.1) is 19.8 Å². The summed E-state index contributed by atoms with van der Waals surface area (Å²) < 4.78 is 11.2. The first-order chi connectivity index (χ1) is 9.70. The van der Waals surface area contributed by atoms with Crippen LogP contribution in [0.3, 0.4) is 0 Å². The van der Waals surface area contributed by atoms with Crippen molar-refractivity contribution in [3.05, 3.63) is 18.2 Å². The lowest BCUT2D eigenvalue weighted by Crippen LogP contribution is -2.37. The molecule has 2 N–H and O–H groups in total. The van der Waals surface area contributed by atoms with E-state index in [0.717, 1.165) is 17.9 Å². The Labute approximate surface area is 118 Å². The summed E-state index contributed by atoms with van der Waals surface area (Å²) in [6, 6.07) is 5.16. The molecule has 1 atom stereocenters. The van der Waals surface area contributed by atoms with Gasteiger partial charge in [-0.05, 0) is 19.1 Å². The topological polar surface area (TPSA) is 59.6 Å². The number of ether oxygens (including phenoxy) is 2. The van der Waals surface area contributed by atoms with Crippen LogP contribution in [0.2, 0.25) is 0 Å². The van der Waals surface area contributed by atoms with Crippen LogP contribution in [-0.2, 0) is 4.79 Å². The number of amides is 1. The minimum absolute atomic E-state index is 0.143. The number of terminal acetylenes is 1. The van der Waals surface area contributed by atoms with E-state index in [0.29, 0.717) is 19.0 Å². The molecule has 2 rings (SSSR count). The van der Waals surface area contributed by atoms with Gasteiger partial charge in [-0.3, -0.25) is 4.79 Å². The van der Waals surface area contributed by atoms with Gasteiger partial charge in [0.25, 0.3) is 0 Å². The molecule has 1 unspecified atom stereocenters. The van der Waals surface area contributed by atoms with Crippen molar-refractivity contribution in [2.24, 2.45) is 0 Å². The second-order valence-electron chi connectivity index (χ2n) is 4.50. The molecule has 1 aromatic rings. The van der Waals surface area contributed by atoms with Crippen LogP contribution >= 0.6 is 0 Å². The van der Waals surface area contributed by atoms with E-state index >= 15 is 0 Å². The van der Waals surface area contributed by atoms with Crippen LogP contribution in [0.1, 0.15) is 13.3 Å². The number of hydrogen-bond acceptors (Lipinski definition) is 4. The van der Waals surface area contributed by atoms with Crippen molar-refractivity contribution < 1.29 is 14.3 Å².